The summed E-state index contributed by atoms with van der Waals surface area (Å²) in [5.41, 5.74) is 73.9. The van der Waals surface area contributed by atoms with Gasteiger partial charge in [0.2, 0.25) is 65.6 Å². The number of phenols is 2. The molecule has 18 rings (SSSR count). The lowest BCUT2D eigenvalue weighted by atomic mass is 9.88. The molecule has 680 valence electrons. The van der Waals surface area contributed by atoms with E-state index in [1.165, 1.54) is 116 Å². The topological polar surface area (TPSA) is 675 Å². The van der Waals surface area contributed by atoms with E-state index >= 15 is 24.0 Å². The number of hydrogen-bond acceptors (Lipinski definition) is 32. The van der Waals surface area contributed by atoms with E-state index in [9.17, 15) is 29.7 Å². The number of nitrogens with two attached hydrogens (primary N) is 11. The Morgan fingerprint density at radius 3 is 1.94 bits per heavy atom. The van der Waals surface area contributed by atoms with Crippen molar-refractivity contribution < 1.29 is 96.3 Å². The van der Waals surface area contributed by atoms with Gasteiger partial charge in [-0.25, -0.2) is 0 Å². The number of rotatable bonds is 12. The lowest BCUT2D eigenvalue weighted by Crippen LogP contribution is -2.71. The quantitative estimate of drug-likeness (QED) is 0.0457. The molecule has 11 aliphatic heterocycles. The number of carbonyl (C=O) groups excluding carboxylic acids is 8. The largest absolute Gasteiger partial charge is 0.504 e. The molecule has 128 heavy (non-hydrogen) atoms. The molecule has 0 saturated carbocycles. The fourth-order valence-electron chi connectivity index (χ4n) is 17.2. The van der Waals surface area contributed by atoms with Crippen LogP contribution < -0.4 is 135 Å². The molecule has 34 N–H and O–H groups in total. The van der Waals surface area contributed by atoms with Crippen LogP contribution in [-0.2, 0) is 63.7 Å². The maximum absolute atomic E-state index is 17.1. The van der Waals surface area contributed by atoms with Crippen LogP contribution >= 0.6 is 0 Å². The van der Waals surface area contributed by atoms with Gasteiger partial charge in [-0.05, 0) is 163 Å². The number of benzene rings is 7. The highest BCUT2D eigenvalue weighted by Gasteiger charge is 2.50. The van der Waals surface area contributed by atoms with Crippen molar-refractivity contribution >= 4 is 70.0 Å². The number of nitrogen functional groups attached to an aromatic ring is 4. The Balaban J connectivity index is 0.988. The number of aliphatic hydroxyl groups is 1. The number of nitrogens with one attached hydrogen (secondary N) is 9. The lowest BCUT2D eigenvalue weighted by molar-refractivity contribution is -0.239. The van der Waals surface area contributed by atoms with Crippen molar-refractivity contribution in [3.63, 3.8) is 0 Å². The highest BCUT2D eigenvalue weighted by molar-refractivity contribution is 5.99. The van der Waals surface area contributed by atoms with Gasteiger partial charge in [0.15, 0.2) is 46.5 Å². The van der Waals surface area contributed by atoms with Crippen molar-refractivity contribution in [2.75, 3.05) is 49.1 Å². The Bertz CT molecular complexity index is 5460. The Hall–Kier alpha value is -12.7. The third-order valence-corrected chi connectivity index (χ3v) is 24.2. The standard InChI is InChI=1S/C88H108N20O20/c1-36-63(33-90)125-88(77(113)67(36)96)124-60-31-46(92)30-49-37(2)101-85(119)76-78-42-14-18-58(56(111)25-42)123-62-28-44-27-61(79(62)128-86-74(104-65(112)10-8-6-4-5-7-9-19-89)53(95)32-48(121-86)34-100-35-64-69(98)70(99)75(102-38(3)109)87(126-64)127-78)122-57-17-11-39(21-55(57)110)20-54-80(114)105-72(43-22-45(91)29-47(23-43)120-59-26-40(12-16-52(59)94)68(97)81(115)103-54)83(117)107-73(44)84(118)106-71(82(116)108-76)41-13-15-51(93)50(24-41)66(49)60/h4,6,11-18,21-31,36-37,48,53-54,63-64,67-78,86-88,100,110-111,113H,5,7-10,19-20,32-35,89-99H2,1-3H3,(H,101,119)(H,102,109)(H,103,115)(H,104,112)(H,105,114)(H,106,118)(H,107,117)(H,108,116)/b6-4-/t36-,37?,48?,53?,54-,63?,64-,67?,68?,69?,70+,71?,72+,73-,74-,75?,76?,77?,78?,86?,87?,88+/m1/s1. The fraction of sp³-hybridized carbons (Fsp3) is 0.409. The maximum atomic E-state index is 17.1. The van der Waals surface area contributed by atoms with Crippen molar-refractivity contribution in [1.82, 2.24) is 47.9 Å². The smallest absolute Gasteiger partial charge is 0.248 e. The third kappa shape index (κ3) is 19.3. The number of hydrogen-bond donors (Lipinski definition) is 23. The minimum Gasteiger partial charge on any atom is -0.504 e. The molecule has 0 aromatic heterocycles. The molecule has 11 heterocycles. The maximum Gasteiger partial charge on any atom is 0.248 e. The summed E-state index contributed by atoms with van der Waals surface area (Å²) >= 11 is 0. The fourth-order valence-corrected chi connectivity index (χ4v) is 17.2. The van der Waals surface area contributed by atoms with Crippen LogP contribution in [0.5, 0.6) is 57.5 Å². The predicted molar refractivity (Wildman–Crippen MR) is 464 cm³/mol. The summed E-state index contributed by atoms with van der Waals surface area (Å²) in [4.78, 5) is 125. The van der Waals surface area contributed by atoms with E-state index in [4.69, 9.17) is 106 Å². The summed E-state index contributed by atoms with van der Waals surface area (Å²) in [7, 11) is 0. The number of fused-ring (bicyclic) bond motifs is 14. The molecule has 22 bridgehead atoms. The zero-order valence-electron chi connectivity index (χ0n) is 70.2. The van der Waals surface area contributed by atoms with Crippen molar-refractivity contribution in [1.29, 1.82) is 0 Å². The molecule has 8 amide bonds. The molecule has 40 nitrogen and oxygen atoms in total. The molecule has 3 saturated heterocycles. The molecule has 22 atom stereocenters. The zero-order chi connectivity index (χ0) is 91.0. The number of amides is 8. The number of aliphatic hydroxyl groups excluding tert-OH is 1. The van der Waals surface area contributed by atoms with Gasteiger partial charge in [0.1, 0.15) is 66.0 Å². The van der Waals surface area contributed by atoms with Crippen molar-refractivity contribution in [3.05, 3.63) is 166 Å². The summed E-state index contributed by atoms with van der Waals surface area (Å²) in [6, 6.07) is 5.91. The van der Waals surface area contributed by atoms with E-state index < -0.39 is 222 Å². The van der Waals surface area contributed by atoms with Gasteiger partial charge >= 0.3 is 0 Å². The summed E-state index contributed by atoms with van der Waals surface area (Å²) in [5, 5.41) is 63.6. The Labute approximate surface area is 734 Å². The van der Waals surface area contributed by atoms with E-state index in [0.717, 1.165) is 25.3 Å². The van der Waals surface area contributed by atoms with E-state index in [0.29, 0.717) is 13.0 Å². The highest BCUT2D eigenvalue weighted by atomic mass is 16.7. The second-order valence-electron chi connectivity index (χ2n) is 33.4. The summed E-state index contributed by atoms with van der Waals surface area (Å²) in [5.74, 6) is -12.2. The first-order valence-electron chi connectivity index (χ1n) is 42.3. The summed E-state index contributed by atoms with van der Waals surface area (Å²) < 4.78 is 61.3. The number of aromatic hydroxyl groups is 2. The minimum absolute atomic E-state index is 0.00887. The van der Waals surface area contributed by atoms with Gasteiger partial charge in [-0.15, -0.1) is 0 Å². The molecule has 3 fully saturated rings. The van der Waals surface area contributed by atoms with Gasteiger partial charge in [-0.2, -0.15) is 0 Å². The monoisotopic (exact) mass is 1760 g/mol. The minimum atomic E-state index is -2.27. The normalized spacial score (nSPS) is 29.5. The van der Waals surface area contributed by atoms with Crippen LogP contribution in [0.25, 0.3) is 11.1 Å². The van der Waals surface area contributed by atoms with Gasteiger partial charge in [-0.1, -0.05) is 43.3 Å². The van der Waals surface area contributed by atoms with Gasteiger partial charge in [-0.3, -0.25) is 38.4 Å². The average molecular weight is 1770 g/mol. The third-order valence-electron chi connectivity index (χ3n) is 24.2. The molecule has 7 aromatic carbocycles. The van der Waals surface area contributed by atoms with Gasteiger partial charge in [0.25, 0.3) is 0 Å². The summed E-state index contributed by atoms with van der Waals surface area (Å²) in [6.45, 7) is 4.81. The molecule has 40 heteroatoms. The Morgan fingerprint density at radius 2 is 1.23 bits per heavy atom. The Kier molecular flexibility index (Phi) is 26.8. The summed E-state index contributed by atoms with van der Waals surface area (Å²) in [6.07, 6.45) is -5.15. The number of ether oxygens (including phenoxy) is 9. The highest BCUT2D eigenvalue weighted by Crippen LogP contribution is 2.51. The van der Waals surface area contributed by atoms with Crippen LogP contribution in [0.3, 0.4) is 0 Å². The molecule has 14 unspecified atom stereocenters. The van der Waals surface area contributed by atoms with E-state index in [2.05, 4.69) is 47.9 Å². The molecule has 0 radical (unpaired) electrons. The molecular weight excluding hydrogens is 1660 g/mol. The number of anilines is 4. The SMILES string of the molecule is CC(=O)NC1C2OC3c4ccc(c(O)c4)Oc4cc5cc(c4OC4OC(CNC[C@@H](O2)C(N)[C@@H]1N)CC(N)[C@H]4NC(=O)CC/C=C\CCCCN)Oc1ccc(cc1O)C[C@H]1NC(=O)C(N)c2ccc(N)c(c2)Oc2cc(N)cc(c2)[C@H](NC1=O)C(=O)N[C@H]5C(=O)NC1C(=O)NC3C(=O)NC(C)c2cc(N)cc(O[C@H]3OC(CN)[C@@H](C)C(N)C3O)c2-c2cc1ccc2N. The van der Waals surface area contributed by atoms with E-state index in [1.807, 2.05) is 12.2 Å². The first-order chi connectivity index (χ1) is 61.3. The number of allylic oxidation sites excluding steroid dienone is 2. The van der Waals surface area contributed by atoms with Gasteiger partial charge in [0.05, 0.1) is 36.1 Å². The molecule has 7 aromatic rings. The van der Waals surface area contributed by atoms with Crippen LogP contribution in [0.4, 0.5) is 22.7 Å². The van der Waals surface area contributed by atoms with Gasteiger partial charge in [0, 0.05) is 110 Å². The predicted octanol–water partition coefficient (Wildman–Crippen LogP) is 0.789. The van der Waals surface area contributed by atoms with Crippen LogP contribution in [0.1, 0.15) is 135 Å². The molecular formula is C88H108N20O20. The van der Waals surface area contributed by atoms with Crippen LogP contribution in [0, 0.1) is 5.92 Å². The molecule has 11 aliphatic rings. The van der Waals surface area contributed by atoms with Crippen molar-refractivity contribution in [2.24, 2.45) is 46.1 Å². The number of carbonyl (C=O) groups is 8. The first kappa shape index (κ1) is 90.1. The second-order valence-corrected chi connectivity index (χ2v) is 33.4. The molecule has 0 aliphatic carbocycles. The zero-order valence-corrected chi connectivity index (χ0v) is 70.2. The van der Waals surface area contributed by atoms with E-state index in [1.54, 1.807) is 13.8 Å². The van der Waals surface area contributed by atoms with Crippen molar-refractivity contribution in [3.8, 4) is 68.6 Å². The Morgan fingerprint density at radius 1 is 0.570 bits per heavy atom. The van der Waals surface area contributed by atoms with Crippen LogP contribution in [0.2, 0.25) is 0 Å². The number of unbranched alkanes of at least 4 members (excludes halogenated alkanes) is 2. The average Bonchev–Trinajstić information content (AvgIpc) is 0.827. The first-order valence-corrected chi connectivity index (χ1v) is 42.3. The number of phenolic OH excluding ortho intramolecular Hbond substituents is 2. The second kappa shape index (κ2) is 38.1. The van der Waals surface area contributed by atoms with Gasteiger partial charge < -0.3 is 169 Å². The van der Waals surface area contributed by atoms with E-state index in [-0.39, 0.29) is 128 Å². The van der Waals surface area contributed by atoms with Crippen LogP contribution in [-0.4, -0.2) is 180 Å². The van der Waals surface area contributed by atoms with Crippen molar-refractivity contribution in [2.45, 2.75) is 194 Å². The van der Waals surface area contributed by atoms with Crippen LogP contribution in [0.15, 0.2) is 127 Å². The molecule has 0 spiro atoms. The lowest BCUT2D eigenvalue weighted by Gasteiger charge is -2.46.